The molecule has 18 heavy (non-hydrogen) atoms. The second kappa shape index (κ2) is 6.57. The van der Waals surface area contributed by atoms with E-state index in [1.54, 1.807) is 23.1 Å². The van der Waals surface area contributed by atoms with Crippen LogP contribution in [0, 0.1) is 12.8 Å². The molecule has 0 radical (unpaired) electrons. The van der Waals surface area contributed by atoms with E-state index in [9.17, 15) is 4.79 Å². The maximum atomic E-state index is 11.8. The molecule has 1 N–H and O–H groups in total. The highest BCUT2D eigenvalue weighted by atomic mass is 32.2. The van der Waals surface area contributed by atoms with Crippen LogP contribution in [0.15, 0.2) is 5.38 Å². The number of rotatable bonds is 5. The predicted molar refractivity (Wildman–Crippen MR) is 78.0 cm³/mol. The van der Waals surface area contributed by atoms with Crippen LogP contribution >= 0.6 is 23.1 Å². The first-order chi connectivity index (χ1) is 8.63. The van der Waals surface area contributed by atoms with Gasteiger partial charge >= 0.3 is 0 Å². The first kappa shape index (κ1) is 13.9. The van der Waals surface area contributed by atoms with Crippen molar-refractivity contribution < 1.29 is 4.79 Å². The summed E-state index contributed by atoms with van der Waals surface area (Å²) in [5, 5.41) is 6.28. The van der Waals surface area contributed by atoms with Gasteiger partial charge in [0.05, 0.1) is 16.5 Å². The zero-order chi connectivity index (χ0) is 13.0. The minimum atomic E-state index is 0.172. The van der Waals surface area contributed by atoms with E-state index in [0.717, 1.165) is 35.2 Å². The van der Waals surface area contributed by atoms with Crippen molar-refractivity contribution in [1.29, 1.82) is 0 Å². The normalized spacial score (nSPS) is 23.2. The summed E-state index contributed by atoms with van der Waals surface area (Å²) in [6.45, 7) is 4.26. The molecule has 1 amide bonds. The van der Waals surface area contributed by atoms with Crippen molar-refractivity contribution >= 4 is 29.0 Å². The van der Waals surface area contributed by atoms with E-state index in [4.69, 9.17) is 0 Å². The van der Waals surface area contributed by atoms with Crippen LogP contribution in [0.2, 0.25) is 0 Å². The molecule has 0 spiro atoms. The van der Waals surface area contributed by atoms with Crippen LogP contribution in [-0.2, 0) is 10.5 Å². The number of thioether (sulfide) groups is 1. The van der Waals surface area contributed by atoms with Gasteiger partial charge in [-0.3, -0.25) is 4.79 Å². The van der Waals surface area contributed by atoms with Crippen molar-refractivity contribution in [2.45, 2.75) is 44.9 Å². The van der Waals surface area contributed by atoms with E-state index in [0.29, 0.717) is 11.8 Å². The summed E-state index contributed by atoms with van der Waals surface area (Å²) in [5.74, 6) is 2.31. The van der Waals surface area contributed by atoms with Crippen LogP contribution in [0.3, 0.4) is 0 Å². The third kappa shape index (κ3) is 4.28. The molecule has 1 aliphatic carbocycles. The maximum Gasteiger partial charge on any atom is 0.230 e. The summed E-state index contributed by atoms with van der Waals surface area (Å²) in [5.41, 5.74) is 1.09. The molecule has 2 atom stereocenters. The van der Waals surface area contributed by atoms with Gasteiger partial charge in [0.25, 0.3) is 0 Å². The summed E-state index contributed by atoms with van der Waals surface area (Å²) in [7, 11) is 0. The number of nitrogens with one attached hydrogen (secondary N) is 1. The molecule has 1 aromatic heterocycles. The largest absolute Gasteiger partial charge is 0.353 e. The molecule has 0 aromatic carbocycles. The molecule has 2 rings (SSSR count). The summed E-state index contributed by atoms with van der Waals surface area (Å²) in [6.07, 6.45) is 3.53. The summed E-state index contributed by atoms with van der Waals surface area (Å²) in [4.78, 5) is 16.1. The number of aryl methyl sites for hydroxylation is 1. The molecule has 0 aliphatic heterocycles. The first-order valence-corrected chi connectivity index (χ1v) is 8.45. The number of nitrogens with zero attached hydrogens (tertiary/aromatic N) is 1. The number of thiazole rings is 1. The van der Waals surface area contributed by atoms with E-state index >= 15 is 0 Å². The fourth-order valence-corrected chi connectivity index (χ4v) is 3.78. The maximum absolute atomic E-state index is 11.8. The van der Waals surface area contributed by atoms with Gasteiger partial charge < -0.3 is 5.32 Å². The quantitative estimate of drug-likeness (QED) is 0.904. The summed E-state index contributed by atoms with van der Waals surface area (Å²) in [6, 6.07) is 0.412. The standard InChI is InChI=1S/C13H20N2OS2/c1-9-3-4-11(5-9)15-13(16)8-17-6-12-7-18-10(2)14-12/h7,9,11H,3-6,8H2,1-2H3,(H,15,16). The molecule has 1 aromatic rings. The smallest absolute Gasteiger partial charge is 0.230 e. The van der Waals surface area contributed by atoms with E-state index < -0.39 is 0 Å². The Morgan fingerprint density at radius 1 is 1.61 bits per heavy atom. The molecule has 0 saturated heterocycles. The predicted octanol–water partition coefficient (Wildman–Crippen LogP) is 2.99. The molecule has 1 aliphatic rings. The number of amides is 1. The number of hydrogen-bond donors (Lipinski definition) is 1. The Kier molecular flexibility index (Phi) is 5.06. The lowest BCUT2D eigenvalue weighted by Gasteiger charge is -2.11. The van der Waals surface area contributed by atoms with Gasteiger partial charge in [0.1, 0.15) is 0 Å². The lowest BCUT2D eigenvalue weighted by Crippen LogP contribution is -2.34. The van der Waals surface area contributed by atoms with E-state index in [1.165, 1.54) is 6.42 Å². The van der Waals surface area contributed by atoms with Crippen LogP contribution in [0.25, 0.3) is 0 Å². The van der Waals surface area contributed by atoms with Gasteiger partial charge in [0.2, 0.25) is 5.91 Å². The Bertz CT molecular complexity index is 405. The molecule has 1 fully saturated rings. The highest BCUT2D eigenvalue weighted by Gasteiger charge is 2.22. The van der Waals surface area contributed by atoms with Gasteiger partial charge in [-0.25, -0.2) is 4.98 Å². The Balaban J connectivity index is 1.63. The zero-order valence-electron chi connectivity index (χ0n) is 10.9. The van der Waals surface area contributed by atoms with Gasteiger partial charge in [0, 0.05) is 17.2 Å². The average molecular weight is 284 g/mol. The molecule has 1 saturated carbocycles. The second-order valence-corrected chi connectivity index (χ2v) is 7.08. The molecular formula is C13H20N2OS2. The fourth-order valence-electron chi connectivity index (χ4n) is 2.33. The highest BCUT2D eigenvalue weighted by molar-refractivity contribution is 7.99. The highest BCUT2D eigenvalue weighted by Crippen LogP contribution is 2.24. The Morgan fingerprint density at radius 3 is 3.06 bits per heavy atom. The van der Waals surface area contributed by atoms with Gasteiger partial charge in [0.15, 0.2) is 0 Å². The van der Waals surface area contributed by atoms with Crippen molar-refractivity contribution in [3.8, 4) is 0 Å². The van der Waals surface area contributed by atoms with Crippen LogP contribution in [0.4, 0.5) is 0 Å². The second-order valence-electron chi connectivity index (χ2n) is 5.03. The molecule has 3 nitrogen and oxygen atoms in total. The van der Waals surface area contributed by atoms with E-state index in [1.807, 2.05) is 6.92 Å². The lowest BCUT2D eigenvalue weighted by atomic mass is 10.1. The summed E-state index contributed by atoms with van der Waals surface area (Å²) >= 11 is 3.31. The third-order valence-electron chi connectivity index (χ3n) is 3.21. The van der Waals surface area contributed by atoms with Crippen LogP contribution in [0.5, 0.6) is 0 Å². The van der Waals surface area contributed by atoms with Crippen molar-refractivity contribution in [3.63, 3.8) is 0 Å². The fraction of sp³-hybridized carbons (Fsp3) is 0.692. The molecule has 5 heteroatoms. The molecule has 100 valence electrons. The Morgan fingerprint density at radius 2 is 2.44 bits per heavy atom. The van der Waals surface area contributed by atoms with Gasteiger partial charge in [-0.1, -0.05) is 6.92 Å². The minimum Gasteiger partial charge on any atom is -0.353 e. The Hall–Kier alpha value is -0.550. The van der Waals surface area contributed by atoms with Crippen molar-refractivity contribution in [2.75, 3.05) is 5.75 Å². The van der Waals surface area contributed by atoms with Crippen molar-refractivity contribution in [3.05, 3.63) is 16.1 Å². The average Bonchev–Trinajstić information content (AvgIpc) is 2.88. The number of carbonyl (C=O) groups excluding carboxylic acids is 1. The first-order valence-electron chi connectivity index (χ1n) is 6.41. The van der Waals surface area contributed by atoms with Gasteiger partial charge in [-0.15, -0.1) is 23.1 Å². The van der Waals surface area contributed by atoms with Gasteiger partial charge in [-0.05, 0) is 32.1 Å². The van der Waals surface area contributed by atoms with Crippen molar-refractivity contribution in [1.82, 2.24) is 10.3 Å². The minimum absolute atomic E-state index is 0.172. The van der Waals surface area contributed by atoms with E-state index in [2.05, 4.69) is 22.6 Å². The number of hydrogen-bond acceptors (Lipinski definition) is 4. The van der Waals surface area contributed by atoms with Crippen molar-refractivity contribution in [2.24, 2.45) is 5.92 Å². The third-order valence-corrected chi connectivity index (χ3v) is 5.00. The molecule has 2 unspecified atom stereocenters. The molecule has 0 bridgehead atoms. The van der Waals surface area contributed by atoms with Gasteiger partial charge in [-0.2, -0.15) is 0 Å². The van der Waals surface area contributed by atoms with Crippen LogP contribution in [0.1, 0.15) is 36.9 Å². The molecule has 1 heterocycles. The Labute approximate surface area is 117 Å². The molecular weight excluding hydrogens is 264 g/mol. The van der Waals surface area contributed by atoms with Crippen LogP contribution < -0.4 is 5.32 Å². The topological polar surface area (TPSA) is 42.0 Å². The summed E-state index contributed by atoms with van der Waals surface area (Å²) < 4.78 is 0. The van der Waals surface area contributed by atoms with Crippen LogP contribution in [-0.4, -0.2) is 22.7 Å². The SMILES string of the molecule is Cc1nc(CSCC(=O)NC2CCC(C)C2)cs1. The number of carbonyl (C=O) groups is 1. The zero-order valence-corrected chi connectivity index (χ0v) is 12.6. The van der Waals surface area contributed by atoms with E-state index in [-0.39, 0.29) is 5.91 Å². The monoisotopic (exact) mass is 284 g/mol. The number of aromatic nitrogens is 1. The lowest BCUT2D eigenvalue weighted by molar-refractivity contribution is -0.119.